The van der Waals surface area contributed by atoms with E-state index < -0.39 is 5.97 Å². The van der Waals surface area contributed by atoms with E-state index >= 15 is 0 Å². The van der Waals surface area contributed by atoms with Crippen molar-refractivity contribution in [2.45, 2.75) is 12.6 Å². The Kier molecular flexibility index (Phi) is 3.00. The zero-order valence-corrected chi connectivity index (χ0v) is 10.3. The minimum absolute atomic E-state index is 0.00140. The van der Waals surface area contributed by atoms with Crippen LogP contribution in [0.25, 0.3) is 0 Å². The van der Waals surface area contributed by atoms with Crippen LogP contribution in [0.4, 0.5) is 0 Å². The van der Waals surface area contributed by atoms with Gasteiger partial charge in [-0.1, -0.05) is 35.5 Å². The molecule has 0 spiro atoms. The topological polar surface area (TPSA) is 71.2 Å². The predicted molar refractivity (Wildman–Crippen MR) is 67.7 cm³/mol. The summed E-state index contributed by atoms with van der Waals surface area (Å²) in [5, 5.41) is 16.3. The summed E-state index contributed by atoms with van der Waals surface area (Å²) in [6, 6.07) is 10.5. The molecule has 1 fully saturated rings. The van der Waals surface area contributed by atoms with Gasteiger partial charge in [0.25, 0.3) is 0 Å². The van der Waals surface area contributed by atoms with Gasteiger partial charge in [0.15, 0.2) is 5.69 Å². The van der Waals surface area contributed by atoms with E-state index in [1.165, 1.54) is 11.8 Å². The number of likely N-dealkylation sites (tertiary alicyclic amines) is 1. The van der Waals surface area contributed by atoms with E-state index in [0.29, 0.717) is 0 Å². The molecule has 0 radical (unpaired) electrons. The number of aromatic nitrogens is 3. The smallest absolute Gasteiger partial charge is 0.358 e. The Bertz CT molecular complexity index is 575. The molecule has 0 atom stereocenters. The average molecular weight is 258 g/mol. The van der Waals surface area contributed by atoms with Crippen molar-refractivity contribution in [1.82, 2.24) is 19.9 Å². The van der Waals surface area contributed by atoms with Gasteiger partial charge in [0.05, 0.1) is 12.2 Å². The molecule has 1 aliphatic rings. The molecule has 1 aromatic heterocycles. The third-order valence-electron chi connectivity index (χ3n) is 3.29. The lowest BCUT2D eigenvalue weighted by molar-refractivity contribution is 0.0690. The van der Waals surface area contributed by atoms with Gasteiger partial charge >= 0.3 is 5.97 Å². The summed E-state index contributed by atoms with van der Waals surface area (Å²) < 4.78 is 1.64. The molecule has 0 amide bonds. The number of carboxylic acids is 1. The van der Waals surface area contributed by atoms with Gasteiger partial charge in [-0.25, -0.2) is 9.48 Å². The first-order valence-electron chi connectivity index (χ1n) is 6.14. The number of carboxylic acid groups (broad SMARTS) is 1. The highest BCUT2D eigenvalue weighted by Gasteiger charge is 2.29. The van der Waals surface area contributed by atoms with E-state index in [2.05, 4.69) is 27.3 Å². The molecular weight excluding hydrogens is 244 g/mol. The van der Waals surface area contributed by atoms with E-state index in [9.17, 15) is 4.79 Å². The molecule has 19 heavy (non-hydrogen) atoms. The minimum atomic E-state index is -1.04. The van der Waals surface area contributed by atoms with Crippen molar-refractivity contribution >= 4 is 5.97 Å². The first kappa shape index (κ1) is 11.9. The van der Waals surface area contributed by atoms with Gasteiger partial charge < -0.3 is 5.11 Å². The average Bonchev–Trinajstić information content (AvgIpc) is 2.84. The van der Waals surface area contributed by atoms with E-state index in [1.807, 2.05) is 18.2 Å². The van der Waals surface area contributed by atoms with Crippen molar-refractivity contribution in [2.24, 2.45) is 0 Å². The Balaban J connectivity index is 1.56. The van der Waals surface area contributed by atoms with Crippen molar-refractivity contribution in [3.05, 3.63) is 47.8 Å². The van der Waals surface area contributed by atoms with E-state index in [0.717, 1.165) is 19.6 Å². The molecule has 0 unspecified atom stereocenters. The second-order valence-corrected chi connectivity index (χ2v) is 4.72. The summed E-state index contributed by atoms with van der Waals surface area (Å²) in [7, 11) is 0. The molecule has 6 nitrogen and oxygen atoms in total. The Labute approximate surface area is 110 Å². The lowest BCUT2D eigenvalue weighted by Gasteiger charge is -2.38. The number of hydrogen-bond donors (Lipinski definition) is 1. The molecule has 98 valence electrons. The number of carbonyl (C=O) groups is 1. The first-order valence-corrected chi connectivity index (χ1v) is 6.14. The Hall–Kier alpha value is -2.21. The zero-order valence-electron chi connectivity index (χ0n) is 10.3. The number of hydrogen-bond acceptors (Lipinski definition) is 4. The van der Waals surface area contributed by atoms with Crippen molar-refractivity contribution in [3.8, 4) is 0 Å². The molecular formula is C13H14N4O2. The van der Waals surface area contributed by atoms with E-state index in [-0.39, 0.29) is 11.7 Å². The highest BCUT2D eigenvalue weighted by atomic mass is 16.4. The van der Waals surface area contributed by atoms with Crippen molar-refractivity contribution < 1.29 is 9.90 Å². The summed E-state index contributed by atoms with van der Waals surface area (Å²) in [6.07, 6.45) is 1.49. The maximum Gasteiger partial charge on any atom is 0.358 e. The summed E-state index contributed by atoms with van der Waals surface area (Å²) >= 11 is 0. The normalized spacial score (nSPS) is 16.2. The van der Waals surface area contributed by atoms with Crippen LogP contribution in [0, 0.1) is 0 Å². The molecule has 2 heterocycles. The van der Waals surface area contributed by atoms with Crippen LogP contribution in [0.15, 0.2) is 36.5 Å². The summed E-state index contributed by atoms with van der Waals surface area (Å²) in [4.78, 5) is 13.0. The predicted octanol–water partition coefficient (Wildman–Crippen LogP) is 1.03. The number of rotatable bonds is 4. The van der Waals surface area contributed by atoms with Crippen LogP contribution in [-0.4, -0.2) is 44.1 Å². The van der Waals surface area contributed by atoms with Gasteiger partial charge in [0.2, 0.25) is 0 Å². The van der Waals surface area contributed by atoms with Crippen molar-refractivity contribution in [3.63, 3.8) is 0 Å². The molecule has 0 saturated carbocycles. The molecule has 1 N–H and O–H groups in total. The molecule has 1 aromatic carbocycles. The Morgan fingerprint density at radius 2 is 2.05 bits per heavy atom. The largest absolute Gasteiger partial charge is 0.476 e. The van der Waals surface area contributed by atoms with Crippen LogP contribution < -0.4 is 0 Å². The monoisotopic (exact) mass is 258 g/mol. The van der Waals surface area contributed by atoms with Gasteiger partial charge in [-0.05, 0) is 5.56 Å². The van der Waals surface area contributed by atoms with Gasteiger partial charge in [-0.2, -0.15) is 0 Å². The standard InChI is InChI=1S/C13H14N4O2/c18-13(19)12-9-17(15-14-12)11-7-16(8-11)6-10-4-2-1-3-5-10/h1-5,9,11H,6-8H2,(H,18,19). The fraction of sp³-hybridized carbons (Fsp3) is 0.308. The zero-order chi connectivity index (χ0) is 13.2. The molecule has 6 heteroatoms. The molecule has 0 aliphatic carbocycles. The molecule has 1 saturated heterocycles. The van der Waals surface area contributed by atoms with Gasteiger partial charge in [-0.15, -0.1) is 5.10 Å². The number of aromatic carboxylic acids is 1. The first-order chi connectivity index (χ1) is 9.22. The van der Waals surface area contributed by atoms with Crippen LogP contribution in [0.3, 0.4) is 0 Å². The van der Waals surface area contributed by atoms with Crippen LogP contribution in [-0.2, 0) is 6.54 Å². The third kappa shape index (κ3) is 2.48. The van der Waals surface area contributed by atoms with Gasteiger partial charge in [0, 0.05) is 19.6 Å². The maximum absolute atomic E-state index is 10.7. The lowest BCUT2D eigenvalue weighted by Crippen LogP contribution is -2.47. The third-order valence-corrected chi connectivity index (χ3v) is 3.29. The molecule has 3 rings (SSSR count). The van der Waals surface area contributed by atoms with Crippen molar-refractivity contribution in [1.29, 1.82) is 0 Å². The Morgan fingerprint density at radius 3 is 2.68 bits per heavy atom. The summed E-state index contributed by atoms with van der Waals surface area (Å²) in [5.41, 5.74) is 1.28. The van der Waals surface area contributed by atoms with Gasteiger partial charge in [-0.3, -0.25) is 4.90 Å². The SMILES string of the molecule is O=C(O)c1cn(C2CN(Cc3ccccc3)C2)nn1. The number of nitrogens with zero attached hydrogens (tertiary/aromatic N) is 4. The summed E-state index contributed by atoms with van der Waals surface area (Å²) in [5.74, 6) is -1.04. The Morgan fingerprint density at radius 1 is 1.32 bits per heavy atom. The molecule has 0 bridgehead atoms. The minimum Gasteiger partial charge on any atom is -0.476 e. The second-order valence-electron chi connectivity index (χ2n) is 4.72. The van der Waals surface area contributed by atoms with Crippen LogP contribution >= 0.6 is 0 Å². The molecule has 2 aromatic rings. The van der Waals surface area contributed by atoms with Gasteiger partial charge in [0.1, 0.15) is 0 Å². The number of benzene rings is 1. The lowest BCUT2D eigenvalue weighted by atomic mass is 10.1. The highest BCUT2D eigenvalue weighted by Crippen LogP contribution is 2.22. The summed E-state index contributed by atoms with van der Waals surface area (Å²) in [6.45, 7) is 2.66. The van der Waals surface area contributed by atoms with Crippen LogP contribution in [0.2, 0.25) is 0 Å². The fourth-order valence-corrected chi connectivity index (χ4v) is 2.23. The highest BCUT2D eigenvalue weighted by molar-refractivity contribution is 5.84. The second kappa shape index (κ2) is 4.81. The van der Waals surface area contributed by atoms with Crippen LogP contribution in [0.1, 0.15) is 22.1 Å². The molecule has 1 aliphatic heterocycles. The van der Waals surface area contributed by atoms with Crippen LogP contribution in [0.5, 0.6) is 0 Å². The fourth-order valence-electron chi connectivity index (χ4n) is 2.23. The quantitative estimate of drug-likeness (QED) is 0.887. The van der Waals surface area contributed by atoms with E-state index in [4.69, 9.17) is 5.11 Å². The van der Waals surface area contributed by atoms with E-state index in [1.54, 1.807) is 4.68 Å². The maximum atomic E-state index is 10.7. The van der Waals surface area contributed by atoms with Crippen molar-refractivity contribution in [2.75, 3.05) is 13.1 Å².